The van der Waals surface area contributed by atoms with Crippen LogP contribution in [0.25, 0.3) is 10.2 Å². The third kappa shape index (κ3) is 4.39. The maximum atomic E-state index is 13.3. The summed E-state index contributed by atoms with van der Waals surface area (Å²) in [4.78, 5) is 36.6. The Bertz CT molecular complexity index is 1110. The number of thiazole rings is 1. The molecule has 8 heteroatoms. The Morgan fingerprint density at radius 1 is 1.06 bits per heavy atom. The Morgan fingerprint density at radius 3 is 2.59 bits per heavy atom. The molecular weight excluding hydrogens is 422 g/mol. The Morgan fingerprint density at radius 2 is 1.78 bits per heavy atom. The maximum absolute atomic E-state index is 13.3. The average Bonchev–Trinajstić information content (AvgIpc) is 3.13. The van der Waals surface area contributed by atoms with Gasteiger partial charge in [0.25, 0.3) is 0 Å². The van der Waals surface area contributed by atoms with E-state index in [1.165, 1.54) is 4.70 Å². The van der Waals surface area contributed by atoms with Crippen molar-refractivity contribution >= 4 is 44.7 Å². The Labute approximate surface area is 191 Å². The molecule has 2 aliphatic heterocycles. The van der Waals surface area contributed by atoms with Crippen molar-refractivity contribution in [2.24, 2.45) is 0 Å². The summed E-state index contributed by atoms with van der Waals surface area (Å²) in [5.41, 5.74) is 2.55. The molecule has 0 unspecified atom stereocenters. The van der Waals surface area contributed by atoms with E-state index < -0.39 is 0 Å². The molecule has 2 aliphatic rings. The number of rotatable bonds is 4. The van der Waals surface area contributed by atoms with Crippen LogP contribution in [0.4, 0.5) is 11.4 Å². The van der Waals surface area contributed by atoms with Gasteiger partial charge in [0, 0.05) is 38.6 Å². The summed E-state index contributed by atoms with van der Waals surface area (Å²) in [6, 6.07) is 15.6. The van der Waals surface area contributed by atoms with Crippen LogP contribution in [0.15, 0.2) is 48.5 Å². The van der Waals surface area contributed by atoms with Crippen LogP contribution in [-0.2, 0) is 16.1 Å². The summed E-state index contributed by atoms with van der Waals surface area (Å²) in [6.07, 6.45) is 0.302. The summed E-state index contributed by atoms with van der Waals surface area (Å²) < 4.78 is 1.23. The van der Waals surface area contributed by atoms with Gasteiger partial charge in [-0.3, -0.25) is 19.4 Å². The molecule has 1 fully saturated rings. The number of carbonyl (C=O) groups excluding carboxylic acids is 2. The van der Waals surface area contributed by atoms with Crippen molar-refractivity contribution in [3.63, 3.8) is 0 Å². The van der Waals surface area contributed by atoms with Crippen molar-refractivity contribution in [2.45, 2.75) is 25.9 Å². The van der Waals surface area contributed by atoms with Gasteiger partial charge in [-0.2, -0.15) is 0 Å². The highest BCUT2D eigenvalue weighted by Crippen LogP contribution is 2.31. The molecule has 0 bridgehead atoms. The fourth-order valence-electron chi connectivity index (χ4n) is 4.52. The third-order valence-corrected chi connectivity index (χ3v) is 7.17. The van der Waals surface area contributed by atoms with Crippen LogP contribution >= 0.6 is 11.3 Å². The van der Waals surface area contributed by atoms with Gasteiger partial charge in [0.2, 0.25) is 11.8 Å². The fourth-order valence-corrected chi connectivity index (χ4v) is 5.53. The van der Waals surface area contributed by atoms with Gasteiger partial charge in [-0.1, -0.05) is 24.3 Å². The molecule has 166 valence electrons. The van der Waals surface area contributed by atoms with Gasteiger partial charge >= 0.3 is 0 Å². The number of fused-ring (bicyclic) bond motifs is 2. The lowest BCUT2D eigenvalue weighted by Gasteiger charge is -2.36. The van der Waals surface area contributed by atoms with Gasteiger partial charge in [-0.15, -0.1) is 11.3 Å². The van der Waals surface area contributed by atoms with E-state index in [4.69, 9.17) is 4.98 Å². The second kappa shape index (κ2) is 8.97. The summed E-state index contributed by atoms with van der Waals surface area (Å²) >= 11 is 1.76. The molecule has 32 heavy (non-hydrogen) atoms. The van der Waals surface area contributed by atoms with Crippen LogP contribution < -0.4 is 10.2 Å². The topological polar surface area (TPSA) is 68.8 Å². The van der Waals surface area contributed by atoms with Crippen LogP contribution in [0.2, 0.25) is 0 Å². The largest absolute Gasteiger partial charge is 0.324 e. The number of hydrogen-bond acceptors (Lipinski definition) is 6. The zero-order valence-electron chi connectivity index (χ0n) is 18.2. The summed E-state index contributed by atoms with van der Waals surface area (Å²) in [7, 11) is 0. The van der Waals surface area contributed by atoms with E-state index in [9.17, 15) is 9.59 Å². The van der Waals surface area contributed by atoms with Crippen LogP contribution in [0, 0.1) is 0 Å². The van der Waals surface area contributed by atoms with Crippen molar-refractivity contribution in [3.05, 3.63) is 53.5 Å². The fraction of sp³-hybridized carbons (Fsp3) is 0.375. The lowest BCUT2D eigenvalue weighted by Crippen LogP contribution is -2.51. The molecule has 1 N–H and O–H groups in total. The molecule has 2 amide bonds. The first kappa shape index (κ1) is 21.1. The van der Waals surface area contributed by atoms with E-state index in [2.05, 4.69) is 33.3 Å². The zero-order valence-corrected chi connectivity index (χ0v) is 19.0. The molecule has 3 aromatic rings. The molecule has 1 atom stereocenters. The quantitative estimate of drug-likeness (QED) is 0.663. The van der Waals surface area contributed by atoms with Crippen LogP contribution in [0.3, 0.4) is 0 Å². The minimum Gasteiger partial charge on any atom is -0.324 e. The van der Waals surface area contributed by atoms with Crippen molar-refractivity contribution in [3.8, 4) is 0 Å². The Hall–Kier alpha value is -2.81. The highest BCUT2D eigenvalue weighted by molar-refractivity contribution is 7.18. The SMILES string of the molecule is C[C@@H]1CC(=O)Nc2ccccc2N1C(=O)CN1CCN(Cc2nc3ccccc3s2)CC1. The monoisotopic (exact) mass is 449 g/mol. The van der Waals surface area contributed by atoms with Crippen LogP contribution in [0.1, 0.15) is 18.4 Å². The number of benzene rings is 2. The summed E-state index contributed by atoms with van der Waals surface area (Å²) in [6.45, 7) is 6.67. The van der Waals surface area contributed by atoms with Crippen LogP contribution in [-0.4, -0.2) is 65.4 Å². The molecule has 1 saturated heterocycles. The molecule has 0 radical (unpaired) electrons. The van der Waals surface area contributed by atoms with Crippen LogP contribution in [0.5, 0.6) is 0 Å². The number of anilines is 2. The second-order valence-corrected chi connectivity index (χ2v) is 9.63. The lowest BCUT2D eigenvalue weighted by molar-refractivity contribution is -0.120. The summed E-state index contributed by atoms with van der Waals surface area (Å²) in [5, 5.41) is 4.06. The normalized spacial score (nSPS) is 20.1. The van der Waals surface area contributed by atoms with Crippen molar-refractivity contribution in [1.29, 1.82) is 0 Å². The molecule has 7 nitrogen and oxygen atoms in total. The Kier molecular flexibility index (Phi) is 5.91. The van der Waals surface area contributed by atoms with Gasteiger partial charge in [-0.05, 0) is 31.2 Å². The number of nitrogens with one attached hydrogen (secondary N) is 1. The number of hydrogen-bond donors (Lipinski definition) is 1. The third-order valence-electron chi connectivity index (χ3n) is 6.15. The average molecular weight is 450 g/mol. The highest BCUT2D eigenvalue weighted by Gasteiger charge is 2.31. The van der Waals surface area contributed by atoms with Crippen molar-refractivity contribution < 1.29 is 9.59 Å². The van der Waals surface area contributed by atoms with E-state index in [0.717, 1.165) is 48.9 Å². The molecule has 1 aromatic heterocycles. The first-order chi connectivity index (χ1) is 15.6. The predicted octanol–water partition coefficient (Wildman–Crippen LogP) is 3.18. The number of aromatic nitrogens is 1. The molecule has 0 spiro atoms. The predicted molar refractivity (Wildman–Crippen MR) is 128 cm³/mol. The van der Waals surface area contributed by atoms with E-state index in [0.29, 0.717) is 18.7 Å². The number of nitrogens with zero attached hydrogens (tertiary/aromatic N) is 4. The van der Waals surface area contributed by atoms with Crippen molar-refractivity contribution in [1.82, 2.24) is 14.8 Å². The first-order valence-electron chi connectivity index (χ1n) is 11.1. The minimum absolute atomic E-state index is 0.0427. The number of amides is 2. The highest BCUT2D eigenvalue weighted by atomic mass is 32.1. The zero-order chi connectivity index (χ0) is 22.1. The standard InChI is InChI=1S/C24H27N5O2S/c1-17-14-22(30)25-18-6-2-4-8-20(18)29(17)24(31)16-28-12-10-27(11-13-28)15-23-26-19-7-3-5-9-21(19)32-23/h2-9,17H,10-16H2,1H3,(H,25,30)/t17-/m1/s1. The van der Waals surface area contributed by atoms with E-state index in [1.807, 2.05) is 37.3 Å². The van der Waals surface area contributed by atoms with Gasteiger partial charge in [0.1, 0.15) is 5.01 Å². The maximum Gasteiger partial charge on any atom is 0.241 e. The smallest absolute Gasteiger partial charge is 0.241 e. The van der Waals surface area contributed by atoms with Gasteiger partial charge in [0.05, 0.1) is 34.7 Å². The molecule has 0 saturated carbocycles. The van der Waals surface area contributed by atoms with Crippen molar-refractivity contribution in [2.75, 3.05) is 42.9 Å². The molecule has 0 aliphatic carbocycles. The first-order valence-corrected chi connectivity index (χ1v) is 11.9. The van der Waals surface area contributed by atoms with Gasteiger partial charge in [-0.25, -0.2) is 4.98 Å². The lowest BCUT2D eigenvalue weighted by atomic mass is 10.1. The second-order valence-electron chi connectivity index (χ2n) is 8.51. The summed E-state index contributed by atoms with van der Waals surface area (Å²) in [5.74, 6) is -0.00946. The number of piperazine rings is 1. The van der Waals surface area contributed by atoms with Gasteiger partial charge in [0.15, 0.2) is 0 Å². The molecule has 3 heterocycles. The van der Waals surface area contributed by atoms with E-state index in [-0.39, 0.29) is 17.9 Å². The Balaban J connectivity index is 1.20. The van der Waals surface area contributed by atoms with E-state index >= 15 is 0 Å². The molecule has 2 aromatic carbocycles. The molecular formula is C24H27N5O2S. The number of para-hydroxylation sites is 3. The number of carbonyl (C=O) groups is 2. The van der Waals surface area contributed by atoms with Gasteiger partial charge < -0.3 is 10.2 Å². The van der Waals surface area contributed by atoms with E-state index in [1.54, 1.807) is 16.2 Å². The molecule has 5 rings (SSSR count). The minimum atomic E-state index is -0.175.